The molecule has 5 aliphatic rings. The first-order valence-electron chi connectivity index (χ1n) is 16.7. The molecule has 3 aliphatic heterocycles. The lowest BCUT2D eigenvalue weighted by atomic mass is 9.81. The summed E-state index contributed by atoms with van der Waals surface area (Å²) in [7, 11) is -1.29. The Balaban J connectivity index is 1.34. The van der Waals surface area contributed by atoms with E-state index in [2.05, 4.69) is 27.3 Å². The maximum atomic E-state index is 14.9. The molecular formula is C34H43N5O6S2. The highest BCUT2D eigenvalue weighted by Crippen LogP contribution is 2.64. The normalized spacial score (nSPS) is 27.8. The van der Waals surface area contributed by atoms with Crippen molar-refractivity contribution in [3.05, 3.63) is 53.1 Å². The van der Waals surface area contributed by atoms with E-state index in [0.29, 0.717) is 18.7 Å². The highest BCUT2D eigenvalue weighted by molar-refractivity contribution is 7.91. The van der Waals surface area contributed by atoms with Gasteiger partial charge in [-0.3, -0.25) is 4.79 Å². The largest absolute Gasteiger partial charge is 0.497 e. The number of carbonyl (C=O) groups excluding carboxylic acids is 1. The van der Waals surface area contributed by atoms with Crippen LogP contribution >= 0.6 is 0 Å². The van der Waals surface area contributed by atoms with Crippen LogP contribution < -0.4 is 9.46 Å². The molecule has 3 aromatic rings. The maximum absolute atomic E-state index is 14.9. The molecule has 4 fully saturated rings. The van der Waals surface area contributed by atoms with Crippen molar-refractivity contribution in [1.29, 1.82) is 0 Å². The summed E-state index contributed by atoms with van der Waals surface area (Å²) in [6.07, 6.45) is 6.90. The zero-order valence-corrected chi connectivity index (χ0v) is 29.0. The van der Waals surface area contributed by atoms with Crippen molar-refractivity contribution in [2.45, 2.75) is 80.2 Å². The molecule has 252 valence electrons. The van der Waals surface area contributed by atoms with Gasteiger partial charge < -0.3 is 14.2 Å². The van der Waals surface area contributed by atoms with E-state index < -0.39 is 30.9 Å². The third-order valence-corrected chi connectivity index (χ3v) is 15.8. The number of ether oxygens (including phenoxy) is 1. The maximum Gasteiger partial charge on any atom is 0.303 e. The van der Waals surface area contributed by atoms with Gasteiger partial charge >= 0.3 is 10.2 Å². The van der Waals surface area contributed by atoms with Crippen LogP contribution in [0, 0.1) is 0 Å². The molecule has 2 unspecified atom stereocenters. The van der Waals surface area contributed by atoms with Gasteiger partial charge in [0.05, 0.1) is 12.8 Å². The van der Waals surface area contributed by atoms with Crippen molar-refractivity contribution >= 4 is 37.0 Å². The van der Waals surface area contributed by atoms with Crippen LogP contribution in [0.15, 0.2) is 36.4 Å². The van der Waals surface area contributed by atoms with E-state index in [-0.39, 0.29) is 36.0 Å². The minimum absolute atomic E-state index is 0.0220. The van der Waals surface area contributed by atoms with Crippen molar-refractivity contribution in [2.75, 3.05) is 41.3 Å². The predicted molar refractivity (Wildman–Crippen MR) is 180 cm³/mol. The number of nitrogens with zero attached hydrogens (tertiary/aromatic N) is 4. The predicted octanol–water partition coefficient (Wildman–Crippen LogP) is 3.86. The Labute approximate surface area is 277 Å². The lowest BCUT2D eigenvalue weighted by molar-refractivity contribution is 0.0979. The van der Waals surface area contributed by atoms with E-state index in [4.69, 9.17) is 4.74 Å². The van der Waals surface area contributed by atoms with Crippen LogP contribution in [0.2, 0.25) is 0 Å². The average molecular weight is 682 g/mol. The quantitative estimate of drug-likeness (QED) is 0.402. The van der Waals surface area contributed by atoms with Crippen molar-refractivity contribution in [3.8, 4) is 17.0 Å². The molecule has 11 nitrogen and oxygen atoms in total. The molecule has 0 radical (unpaired) electrons. The molecular weight excluding hydrogens is 639 g/mol. The highest BCUT2D eigenvalue weighted by Gasteiger charge is 2.69. The van der Waals surface area contributed by atoms with Gasteiger partial charge in [0.1, 0.15) is 10.5 Å². The van der Waals surface area contributed by atoms with Gasteiger partial charge in [-0.1, -0.05) is 25.3 Å². The number of hydrogen-bond donors (Lipinski definition) is 1. The van der Waals surface area contributed by atoms with Crippen molar-refractivity contribution in [3.63, 3.8) is 0 Å². The van der Waals surface area contributed by atoms with Crippen LogP contribution in [0.1, 0.15) is 78.3 Å². The molecule has 2 saturated heterocycles. The second-order valence-electron chi connectivity index (χ2n) is 14.5. The van der Waals surface area contributed by atoms with Gasteiger partial charge in [0.15, 0.2) is 0 Å². The average Bonchev–Trinajstić information content (AvgIpc) is 3.31. The molecule has 8 rings (SSSR count). The number of aromatic nitrogens is 1. The third-order valence-electron chi connectivity index (χ3n) is 11.7. The summed E-state index contributed by atoms with van der Waals surface area (Å²) in [5.41, 5.74) is 5.22. The van der Waals surface area contributed by atoms with E-state index in [9.17, 15) is 21.6 Å². The second-order valence-corrected chi connectivity index (χ2v) is 18.6. The summed E-state index contributed by atoms with van der Waals surface area (Å²) in [5, 5.41) is 0.995. The number of likely N-dealkylation sites (N-methyl/N-ethyl adjacent to an activating group) is 1. The van der Waals surface area contributed by atoms with Gasteiger partial charge in [0.25, 0.3) is 5.91 Å². The van der Waals surface area contributed by atoms with Crippen LogP contribution in [-0.2, 0) is 26.8 Å². The first kappa shape index (κ1) is 31.3. The van der Waals surface area contributed by atoms with Crippen molar-refractivity contribution in [1.82, 2.24) is 22.8 Å². The zero-order valence-electron chi connectivity index (χ0n) is 27.4. The lowest BCUT2D eigenvalue weighted by Gasteiger charge is -2.34. The van der Waals surface area contributed by atoms with Crippen molar-refractivity contribution in [2.24, 2.45) is 0 Å². The third kappa shape index (κ3) is 4.63. The first-order chi connectivity index (χ1) is 22.4. The molecule has 13 heteroatoms. The Hall–Kier alpha value is -2.97. The number of piperazine rings is 1. The number of hydrogen-bond acceptors (Lipinski definition) is 7. The number of likely N-dealkylation sites (tertiary alicyclic amines) is 1. The molecule has 0 spiro atoms. The smallest absolute Gasteiger partial charge is 0.303 e. The summed E-state index contributed by atoms with van der Waals surface area (Å²) in [4.78, 5) is 15.6. The molecule has 2 aliphatic carbocycles. The summed E-state index contributed by atoms with van der Waals surface area (Å²) < 4.78 is 66.7. The van der Waals surface area contributed by atoms with Crippen LogP contribution in [-0.4, -0.2) is 99.0 Å². The fourth-order valence-corrected chi connectivity index (χ4v) is 12.1. The molecule has 4 atom stereocenters. The van der Waals surface area contributed by atoms with Gasteiger partial charge in [-0.2, -0.15) is 17.0 Å². The number of amides is 1. The fraction of sp³-hybridized carbons (Fsp3) is 0.559. The van der Waals surface area contributed by atoms with Gasteiger partial charge in [-0.05, 0) is 80.1 Å². The Morgan fingerprint density at radius 2 is 1.77 bits per heavy atom. The summed E-state index contributed by atoms with van der Waals surface area (Å²) in [6, 6.07) is 11.7. The number of nitrogens with one attached hydrogen (secondary N) is 1. The topological polar surface area (TPSA) is 121 Å². The number of rotatable bonds is 7. The van der Waals surface area contributed by atoms with E-state index in [1.54, 1.807) is 23.5 Å². The summed E-state index contributed by atoms with van der Waals surface area (Å²) in [5.74, 6) is 0.0741. The van der Waals surface area contributed by atoms with E-state index >= 15 is 0 Å². The zero-order chi connectivity index (χ0) is 33.0. The van der Waals surface area contributed by atoms with Crippen molar-refractivity contribution < 1.29 is 26.4 Å². The molecule has 2 aromatic carbocycles. The Morgan fingerprint density at radius 1 is 1.00 bits per heavy atom. The molecule has 1 amide bonds. The monoisotopic (exact) mass is 681 g/mol. The van der Waals surface area contributed by atoms with E-state index in [0.717, 1.165) is 70.7 Å². The van der Waals surface area contributed by atoms with Crippen LogP contribution in [0.3, 0.4) is 0 Å². The first-order valence-corrected chi connectivity index (χ1v) is 19.5. The molecule has 1 N–H and O–H groups in total. The standard InChI is InChI=1S/C34H43N5O6S2/c1-36(2)47(43,44)35-33(40)22-10-12-27-30(14-22)38-20-34(46(41,42)39-19-23-15-24(39)18-37(23)3)17-29(34)28-16-25(45-4)11-13-26(28)32(38)31(27)21-8-6-5-7-9-21/h10-14,16,21,23-24,29H,5-9,15,17-20H2,1-4H3,(H,35,40)/t23-,24-,29?,34?/m1/s1. The summed E-state index contributed by atoms with van der Waals surface area (Å²) >= 11 is 0. The molecule has 47 heavy (non-hydrogen) atoms. The number of benzene rings is 2. The molecule has 4 heterocycles. The molecule has 2 saturated carbocycles. The van der Waals surface area contributed by atoms with Gasteiger partial charge in [-0.15, -0.1) is 0 Å². The Kier molecular flexibility index (Phi) is 7.17. The Morgan fingerprint density at radius 3 is 2.43 bits per heavy atom. The molecule has 2 bridgehead atoms. The fourth-order valence-electron chi connectivity index (χ4n) is 9.06. The minimum Gasteiger partial charge on any atom is -0.497 e. The minimum atomic E-state index is -4.00. The van der Waals surface area contributed by atoms with Gasteiger partial charge in [-0.25, -0.2) is 13.1 Å². The van der Waals surface area contributed by atoms with Crippen LogP contribution in [0.25, 0.3) is 22.2 Å². The lowest BCUT2D eigenvalue weighted by Crippen LogP contribution is -2.52. The van der Waals surface area contributed by atoms with Gasteiger partial charge in [0.2, 0.25) is 10.0 Å². The van der Waals surface area contributed by atoms with Crippen LogP contribution in [0.5, 0.6) is 5.75 Å². The molecule has 1 aromatic heterocycles. The van der Waals surface area contributed by atoms with Crippen LogP contribution in [0.4, 0.5) is 0 Å². The number of carbonyl (C=O) groups is 1. The van der Waals surface area contributed by atoms with E-state index in [1.807, 2.05) is 18.2 Å². The second kappa shape index (κ2) is 10.8. The SMILES string of the molecule is COc1ccc2c(c1)C1CC1(S(=O)(=O)N1C[C@H]3C[C@@H]1CN3C)Cn1c-2c(C2CCCCC2)c2ccc(C(=O)NS(=O)(=O)N(C)C)cc21. The highest BCUT2D eigenvalue weighted by atomic mass is 32.2. The summed E-state index contributed by atoms with van der Waals surface area (Å²) in [6.45, 7) is 1.52. The Bertz CT molecular complexity index is 2020. The van der Waals surface area contributed by atoms with Gasteiger partial charge in [0, 0.05) is 73.8 Å². The number of fused-ring (bicyclic) bond motifs is 9. The van der Waals surface area contributed by atoms with E-state index in [1.165, 1.54) is 26.1 Å². The number of methoxy groups -OCH3 is 1. The number of sulfonamides is 1.